The molecule has 0 bridgehead atoms. The van der Waals surface area contributed by atoms with Crippen LogP contribution in [-0.4, -0.2) is 33.7 Å². The van der Waals surface area contributed by atoms with E-state index in [-0.39, 0.29) is 10.6 Å². The number of nitrogens with zero attached hydrogens (tertiary/aromatic N) is 2. The first-order valence-corrected chi connectivity index (χ1v) is 12.6. The van der Waals surface area contributed by atoms with Gasteiger partial charge in [-0.1, -0.05) is 49.2 Å². The number of ether oxygens (including phenoxy) is 1. The standard InChI is InChI=1S/C25H26ClN3O4S/c1-2-3-16-33-23-14-12-20(13-15-23)18-27-28-25(30)19-29(22-9-7-8-21(26)17-22)34(31,32)24-10-5-4-6-11-24/h4-15,17-18H,2-3,16,19H2,1H3,(H,28,30)/b27-18+. The third-order valence-electron chi connectivity index (χ3n) is 4.76. The fourth-order valence-corrected chi connectivity index (χ4v) is 4.61. The van der Waals surface area contributed by atoms with Gasteiger partial charge < -0.3 is 4.74 Å². The maximum Gasteiger partial charge on any atom is 0.264 e. The molecule has 0 aliphatic carbocycles. The lowest BCUT2D eigenvalue weighted by atomic mass is 10.2. The molecule has 3 aromatic rings. The van der Waals surface area contributed by atoms with Gasteiger partial charge in [0.2, 0.25) is 0 Å². The van der Waals surface area contributed by atoms with Gasteiger partial charge in [-0.3, -0.25) is 9.10 Å². The summed E-state index contributed by atoms with van der Waals surface area (Å²) >= 11 is 6.07. The molecule has 3 aromatic carbocycles. The van der Waals surface area contributed by atoms with Crippen LogP contribution in [0, 0.1) is 0 Å². The molecule has 3 rings (SSSR count). The van der Waals surface area contributed by atoms with E-state index in [4.69, 9.17) is 16.3 Å². The molecule has 0 radical (unpaired) electrons. The van der Waals surface area contributed by atoms with Crippen LogP contribution in [0.25, 0.3) is 0 Å². The molecule has 7 nitrogen and oxygen atoms in total. The lowest BCUT2D eigenvalue weighted by molar-refractivity contribution is -0.119. The summed E-state index contributed by atoms with van der Waals surface area (Å²) in [6, 6.07) is 21.5. The Morgan fingerprint density at radius 2 is 1.79 bits per heavy atom. The fraction of sp³-hybridized carbons (Fsp3) is 0.200. The second-order valence-corrected chi connectivity index (χ2v) is 9.67. The largest absolute Gasteiger partial charge is 0.494 e. The third kappa shape index (κ3) is 7.07. The molecule has 0 spiro atoms. The minimum Gasteiger partial charge on any atom is -0.494 e. The van der Waals surface area contributed by atoms with Crippen molar-refractivity contribution in [3.8, 4) is 5.75 Å². The predicted octanol–water partition coefficient (Wildman–Crippen LogP) is 4.86. The van der Waals surface area contributed by atoms with Gasteiger partial charge in [0.05, 0.1) is 23.4 Å². The zero-order valence-corrected chi connectivity index (χ0v) is 20.3. The van der Waals surface area contributed by atoms with E-state index in [1.807, 2.05) is 24.3 Å². The molecule has 0 fully saturated rings. The maximum atomic E-state index is 13.3. The van der Waals surface area contributed by atoms with Gasteiger partial charge in [0, 0.05) is 5.02 Å². The lowest BCUT2D eigenvalue weighted by Gasteiger charge is -2.23. The van der Waals surface area contributed by atoms with Crippen molar-refractivity contribution in [2.75, 3.05) is 17.5 Å². The Balaban J connectivity index is 1.70. The number of carbonyl (C=O) groups excluding carboxylic acids is 1. The van der Waals surface area contributed by atoms with Gasteiger partial charge in [-0.25, -0.2) is 13.8 Å². The normalized spacial score (nSPS) is 11.4. The van der Waals surface area contributed by atoms with Crippen molar-refractivity contribution in [3.05, 3.63) is 89.4 Å². The summed E-state index contributed by atoms with van der Waals surface area (Å²) in [5, 5.41) is 4.31. The maximum absolute atomic E-state index is 13.3. The number of rotatable bonds is 11. The van der Waals surface area contributed by atoms with Crippen LogP contribution in [0.4, 0.5) is 5.69 Å². The predicted molar refractivity (Wildman–Crippen MR) is 135 cm³/mol. The van der Waals surface area contributed by atoms with Crippen LogP contribution in [0.5, 0.6) is 5.75 Å². The number of amides is 1. The number of hydrazone groups is 1. The Kier molecular flexibility index (Phi) is 9.07. The summed E-state index contributed by atoms with van der Waals surface area (Å²) in [7, 11) is -4.01. The van der Waals surface area contributed by atoms with Gasteiger partial charge in [0.25, 0.3) is 15.9 Å². The number of hydrogen-bond acceptors (Lipinski definition) is 5. The minimum absolute atomic E-state index is 0.0625. The highest BCUT2D eigenvalue weighted by Crippen LogP contribution is 2.25. The van der Waals surface area contributed by atoms with Crippen molar-refractivity contribution in [2.24, 2.45) is 5.10 Å². The number of anilines is 1. The highest BCUT2D eigenvalue weighted by atomic mass is 35.5. The first-order chi connectivity index (χ1) is 16.4. The number of nitrogens with one attached hydrogen (secondary N) is 1. The van der Waals surface area contributed by atoms with E-state index in [1.54, 1.807) is 36.4 Å². The number of hydrogen-bond donors (Lipinski definition) is 1. The van der Waals surface area contributed by atoms with E-state index in [9.17, 15) is 13.2 Å². The van der Waals surface area contributed by atoms with Crippen molar-refractivity contribution in [3.63, 3.8) is 0 Å². The Labute approximate surface area is 205 Å². The molecule has 0 saturated carbocycles. The summed E-state index contributed by atoms with van der Waals surface area (Å²) in [6.07, 6.45) is 3.52. The Bertz CT molecular complexity index is 1220. The summed E-state index contributed by atoms with van der Waals surface area (Å²) < 4.78 is 33.1. The molecular formula is C25H26ClN3O4S. The molecule has 1 N–H and O–H groups in total. The second kappa shape index (κ2) is 12.2. The zero-order valence-electron chi connectivity index (χ0n) is 18.7. The van der Waals surface area contributed by atoms with Crippen molar-refractivity contribution in [1.29, 1.82) is 0 Å². The molecule has 0 saturated heterocycles. The molecule has 9 heteroatoms. The Hall–Kier alpha value is -3.36. The summed E-state index contributed by atoms with van der Waals surface area (Å²) in [6.45, 7) is 2.29. The van der Waals surface area contributed by atoms with Crippen LogP contribution in [0.15, 0.2) is 88.9 Å². The van der Waals surface area contributed by atoms with Crippen LogP contribution >= 0.6 is 11.6 Å². The second-order valence-electron chi connectivity index (χ2n) is 7.37. The first kappa shape index (κ1) is 25.3. The number of benzene rings is 3. The van der Waals surface area contributed by atoms with E-state index in [2.05, 4.69) is 17.5 Å². The molecule has 34 heavy (non-hydrogen) atoms. The molecule has 0 aromatic heterocycles. The average molecular weight is 500 g/mol. The van der Waals surface area contributed by atoms with Gasteiger partial charge in [0.15, 0.2) is 0 Å². The van der Waals surface area contributed by atoms with E-state index in [1.165, 1.54) is 24.4 Å². The number of sulfonamides is 1. The van der Waals surface area contributed by atoms with Crippen molar-refractivity contribution >= 4 is 39.4 Å². The van der Waals surface area contributed by atoms with Crippen LogP contribution in [-0.2, 0) is 14.8 Å². The topological polar surface area (TPSA) is 88.1 Å². The van der Waals surface area contributed by atoms with Crippen LogP contribution in [0.3, 0.4) is 0 Å². The van der Waals surface area contributed by atoms with Crippen molar-refractivity contribution in [1.82, 2.24) is 5.43 Å². The fourth-order valence-electron chi connectivity index (χ4n) is 3.00. The van der Waals surface area contributed by atoms with Crippen molar-refractivity contribution in [2.45, 2.75) is 24.7 Å². The highest BCUT2D eigenvalue weighted by Gasteiger charge is 2.27. The highest BCUT2D eigenvalue weighted by molar-refractivity contribution is 7.92. The number of carbonyl (C=O) groups is 1. The molecule has 0 aliphatic rings. The van der Waals surface area contributed by atoms with E-state index >= 15 is 0 Å². The Morgan fingerprint density at radius 3 is 2.47 bits per heavy atom. The summed E-state index contributed by atoms with van der Waals surface area (Å²) in [5.41, 5.74) is 3.41. The Morgan fingerprint density at radius 1 is 1.06 bits per heavy atom. The zero-order chi connectivity index (χ0) is 24.4. The van der Waals surface area contributed by atoms with Crippen LogP contribution in [0.2, 0.25) is 5.02 Å². The molecule has 1 amide bonds. The van der Waals surface area contributed by atoms with Gasteiger partial charge in [-0.05, 0) is 66.6 Å². The monoisotopic (exact) mass is 499 g/mol. The number of halogens is 1. The quantitative estimate of drug-likeness (QED) is 0.232. The smallest absolute Gasteiger partial charge is 0.264 e. The number of unbranched alkanes of at least 4 members (excludes halogenated alkanes) is 1. The summed E-state index contributed by atoms with van der Waals surface area (Å²) in [4.78, 5) is 12.7. The molecule has 0 aliphatic heterocycles. The minimum atomic E-state index is -4.01. The SMILES string of the molecule is CCCCOc1ccc(/C=N/NC(=O)CN(c2cccc(Cl)c2)S(=O)(=O)c2ccccc2)cc1. The molecule has 0 unspecified atom stereocenters. The average Bonchev–Trinajstić information content (AvgIpc) is 2.84. The first-order valence-electron chi connectivity index (χ1n) is 10.8. The molecule has 178 valence electrons. The summed E-state index contributed by atoms with van der Waals surface area (Å²) in [5.74, 6) is 0.160. The van der Waals surface area contributed by atoms with Crippen LogP contribution in [0.1, 0.15) is 25.3 Å². The van der Waals surface area contributed by atoms with Gasteiger partial charge >= 0.3 is 0 Å². The third-order valence-corrected chi connectivity index (χ3v) is 6.79. The van der Waals surface area contributed by atoms with Crippen molar-refractivity contribution < 1.29 is 17.9 Å². The molecule has 0 heterocycles. The molecule has 0 atom stereocenters. The van der Waals surface area contributed by atoms with E-state index < -0.39 is 22.5 Å². The van der Waals surface area contributed by atoms with Gasteiger partial charge in [-0.15, -0.1) is 0 Å². The molecular weight excluding hydrogens is 474 g/mol. The lowest BCUT2D eigenvalue weighted by Crippen LogP contribution is -2.39. The van der Waals surface area contributed by atoms with Gasteiger partial charge in [0.1, 0.15) is 12.3 Å². The van der Waals surface area contributed by atoms with Crippen LogP contribution < -0.4 is 14.5 Å². The van der Waals surface area contributed by atoms with E-state index in [0.717, 1.165) is 28.5 Å². The van der Waals surface area contributed by atoms with E-state index in [0.29, 0.717) is 11.6 Å². The van der Waals surface area contributed by atoms with Gasteiger partial charge in [-0.2, -0.15) is 5.10 Å².